The summed E-state index contributed by atoms with van der Waals surface area (Å²) in [5.74, 6) is 11.4. The Balaban J connectivity index is 2.04. The molecular formula is C15H20N4. The number of hydrogen-bond acceptors (Lipinski definition) is 4. The van der Waals surface area contributed by atoms with Crippen molar-refractivity contribution >= 4 is 0 Å². The van der Waals surface area contributed by atoms with Gasteiger partial charge in [-0.15, -0.1) is 0 Å². The predicted octanol–water partition coefficient (Wildman–Crippen LogP) is 1.83. The quantitative estimate of drug-likeness (QED) is 0.434. The van der Waals surface area contributed by atoms with Gasteiger partial charge in [0, 0.05) is 6.54 Å². The predicted molar refractivity (Wildman–Crippen MR) is 77.4 cm³/mol. The Morgan fingerprint density at radius 1 is 1.00 bits per heavy atom. The van der Waals surface area contributed by atoms with Gasteiger partial charge in [-0.1, -0.05) is 60.2 Å². The highest BCUT2D eigenvalue weighted by molar-refractivity contribution is 5.22. The van der Waals surface area contributed by atoms with Gasteiger partial charge >= 0.3 is 0 Å². The molecule has 0 spiro atoms. The Labute approximate surface area is 114 Å². The van der Waals surface area contributed by atoms with Crippen LogP contribution in [0, 0.1) is 6.92 Å². The molecule has 2 aromatic carbocycles. The second kappa shape index (κ2) is 6.45. The SMILES string of the molecule is Cc1ccc(CNC(c2ccccc2)N(N)N)cc1. The second-order valence-electron chi connectivity index (χ2n) is 4.63. The molecule has 19 heavy (non-hydrogen) atoms. The Bertz CT molecular complexity index is 493. The molecule has 4 nitrogen and oxygen atoms in total. The second-order valence-corrected chi connectivity index (χ2v) is 4.63. The Kier molecular flexibility index (Phi) is 4.65. The molecule has 5 N–H and O–H groups in total. The van der Waals surface area contributed by atoms with E-state index >= 15 is 0 Å². The van der Waals surface area contributed by atoms with Crippen LogP contribution in [0.15, 0.2) is 54.6 Å². The van der Waals surface area contributed by atoms with E-state index in [2.05, 4.69) is 36.5 Å². The fourth-order valence-corrected chi connectivity index (χ4v) is 1.95. The number of rotatable bonds is 5. The first-order chi connectivity index (χ1) is 9.16. The van der Waals surface area contributed by atoms with Crippen molar-refractivity contribution in [1.82, 2.24) is 10.4 Å². The van der Waals surface area contributed by atoms with E-state index in [1.165, 1.54) is 16.2 Å². The summed E-state index contributed by atoms with van der Waals surface area (Å²) in [4.78, 5) is 0. The maximum Gasteiger partial charge on any atom is 0.114 e. The van der Waals surface area contributed by atoms with Crippen LogP contribution in [0.25, 0.3) is 0 Å². The maximum atomic E-state index is 5.71. The minimum Gasteiger partial charge on any atom is -0.292 e. The molecule has 0 saturated heterocycles. The van der Waals surface area contributed by atoms with Gasteiger partial charge in [0.15, 0.2) is 0 Å². The van der Waals surface area contributed by atoms with Crippen LogP contribution in [0.4, 0.5) is 0 Å². The van der Waals surface area contributed by atoms with E-state index < -0.39 is 0 Å². The molecule has 1 atom stereocenters. The number of hydrogen-bond donors (Lipinski definition) is 3. The fourth-order valence-electron chi connectivity index (χ4n) is 1.95. The number of nitrogens with zero attached hydrogens (tertiary/aromatic N) is 1. The molecule has 0 amide bonds. The first-order valence-electron chi connectivity index (χ1n) is 6.29. The Hall–Kier alpha value is -1.72. The minimum absolute atomic E-state index is 0.206. The van der Waals surface area contributed by atoms with Gasteiger partial charge in [-0.2, -0.15) is 5.12 Å². The van der Waals surface area contributed by atoms with Gasteiger partial charge in [0.1, 0.15) is 6.17 Å². The van der Waals surface area contributed by atoms with E-state index in [0.717, 1.165) is 5.56 Å². The van der Waals surface area contributed by atoms with E-state index in [-0.39, 0.29) is 6.17 Å². The van der Waals surface area contributed by atoms with E-state index in [1.807, 2.05) is 30.3 Å². The van der Waals surface area contributed by atoms with Crippen molar-refractivity contribution in [3.8, 4) is 0 Å². The lowest BCUT2D eigenvalue weighted by atomic mass is 10.1. The molecule has 0 aromatic heterocycles. The molecule has 0 saturated carbocycles. The zero-order chi connectivity index (χ0) is 13.7. The summed E-state index contributed by atoms with van der Waals surface area (Å²) in [6.45, 7) is 2.79. The smallest absolute Gasteiger partial charge is 0.114 e. The summed E-state index contributed by atoms with van der Waals surface area (Å²) in [6, 6.07) is 18.3. The molecule has 100 valence electrons. The minimum atomic E-state index is -0.206. The normalized spacial score (nSPS) is 12.6. The zero-order valence-corrected chi connectivity index (χ0v) is 11.1. The van der Waals surface area contributed by atoms with Crippen molar-refractivity contribution in [3.05, 3.63) is 71.3 Å². The van der Waals surface area contributed by atoms with Crippen LogP contribution in [0.3, 0.4) is 0 Å². The van der Waals surface area contributed by atoms with Crippen molar-refractivity contribution in [2.45, 2.75) is 19.6 Å². The van der Waals surface area contributed by atoms with E-state index in [9.17, 15) is 0 Å². The number of benzene rings is 2. The van der Waals surface area contributed by atoms with E-state index in [4.69, 9.17) is 11.7 Å². The molecule has 2 aromatic rings. The Morgan fingerprint density at radius 2 is 1.63 bits per heavy atom. The number of nitrogens with two attached hydrogens (primary N) is 2. The summed E-state index contributed by atoms with van der Waals surface area (Å²) in [5, 5.41) is 4.55. The Morgan fingerprint density at radius 3 is 2.21 bits per heavy atom. The van der Waals surface area contributed by atoms with Crippen molar-refractivity contribution in [1.29, 1.82) is 0 Å². The topological polar surface area (TPSA) is 67.3 Å². The van der Waals surface area contributed by atoms with Crippen molar-refractivity contribution in [2.75, 3.05) is 0 Å². The third kappa shape index (κ3) is 3.87. The molecular weight excluding hydrogens is 236 g/mol. The third-order valence-corrected chi connectivity index (χ3v) is 3.03. The van der Waals surface area contributed by atoms with Gasteiger partial charge in [-0.3, -0.25) is 17.0 Å². The zero-order valence-electron chi connectivity index (χ0n) is 11.1. The van der Waals surface area contributed by atoms with Gasteiger partial charge in [-0.05, 0) is 18.1 Å². The van der Waals surface area contributed by atoms with E-state index in [0.29, 0.717) is 6.54 Å². The van der Waals surface area contributed by atoms with Gasteiger partial charge in [0.05, 0.1) is 0 Å². The maximum absolute atomic E-state index is 5.71. The molecule has 2 rings (SSSR count). The summed E-state index contributed by atoms with van der Waals surface area (Å²) in [7, 11) is 0. The first-order valence-corrected chi connectivity index (χ1v) is 6.29. The standard InChI is InChI=1S/C15H20N4/c1-12-7-9-13(10-8-12)11-18-15(19(16)17)14-5-3-2-4-6-14/h2-10,15,18H,11,16-17H2,1H3. The van der Waals surface area contributed by atoms with Crippen LogP contribution in [0.2, 0.25) is 0 Å². The average molecular weight is 256 g/mol. The van der Waals surface area contributed by atoms with Crippen LogP contribution >= 0.6 is 0 Å². The highest BCUT2D eigenvalue weighted by Crippen LogP contribution is 2.13. The third-order valence-electron chi connectivity index (χ3n) is 3.03. The lowest BCUT2D eigenvalue weighted by Crippen LogP contribution is -2.47. The summed E-state index contributed by atoms with van der Waals surface area (Å²) >= 11 is 0. The monoisotopic (exact) mass is 256 g/mol. The molecule has 0 aliphatic heterocycles. The van der Waals surface area contributed by atoms with Gasteiger partial charge in [-0.25, -0.2) is 0 Å². The van der Waals surface area contributed by atoms with Crippen molar-refractivity contribution in [2.24, 2.45) is 11.7 Å². The van der Waals surface area contributed by atoms with Crippen LogP contribution in [0.1, 0.15) is 22.9 Å². The molecule has 0 heterocycles. The van der Waals surface area contributed by atoms with Gasteiger partial charge in [0.25, 0.3) is 0 Å². The fraction of sp³-hybridized carbons (Fsp3) is 0.200. The van der Waals surface area contributed by atoms with Gasteiger partial charge in [0.2, 0.25) is 0 Å². The van der Waals surface area contributed by atoms with Crippen LogP contribution in [-0.2, 0) is 6.54 Å². The molecule has 0 bridgehead atoms. The molecule has 1 unspecified atom stereocenters. The average Bonchev–Trinajstić information content (AvgIpc) is 2.42. The lowest BCUT2D eigenvalue weighted by molar-refractivity contribution is 0.170. The number of nitrogens with one attached hydrogen (secondary N) is 1. The highest BCUT2D eigenvalue weighted by atomic mass is 15.6. The summed E-state index contributed by atoms with van der Waals surface area (Å²) < 4.78 is 0. The molecule has 0 aliphatic carbocycles. The molecule has 0 radical (unpaired) electrons. The largest absolute Gasteiger partial charge is 0.292 e. The number of aryl methyl sites for hydroxylation is 1. The van der Waals surface area contributed by atoms with Gasteiger partial charge < -0.3 is 0 Å². The summed E-state index contributed by atoms with van der Waals surface area (Å²) in [5.41, 5.74) is 3.50. The van der Waals surface area contributed by atoms with Crippen molar-refractivity contribution in [3.63, 3.8) is 0 Å². The molecule has 0 aliphatic rings. The summed E-state index contributed by atoms with van der Waals surface area (Å²) in [6.07, 6.45) is -0.206. The van der Waals surface area contributed by atoms with Crippen LogP contribution in [0.5, 0.6) is 0 Å². The lowest BCUT2D eigenvalue weighted by Gasteiger charge is -2.25. The molecule has 4 heteroatoms. The first kappa shape index (κ1) is 13.7. The van der Waals surface area contributed by atoms with E-state index in [1.54, 1.807) is 0 Å². The van der Waals surface area contributed by atoms with Crippen molar-refractivity contribution < 1.29 is 0 Å². The van der Waals surface area contributed by atoms with Crippen LogP contribution < -0.4 is 17.0 Å². The highest BCUT2D eigenvalue weighted by Gasteiger charge is 2.13. The van der Waals surface area contributed by atoms with Crippen LogP contribution in [-0.4, -0.2) is 5.12 Å². The molecule has 0 fully saturated rings. The number of hydrazine groups is 2.